The van der Waals surface area contributed by atoms with Crippen LogP contribution >= 0.6 is 11.9 Å². The number of aryl methyl sites for hydroxylation is 1. The smallest absolute Gasteiger partial charge is 0.0313 e. The van der Waals surface area contributed by atoms with Crippen LogP contribution in [0.2, 0.25) is 0 Å². The Balaban J connectivity index is 1.82. The lowest BCUT2D eigenvalue weighted by Crippen LogP contribution is -2.02. The van der Waals surface area contributed by atoms with Gasteiger partial charge in [-0.05, 0) is 36.6 Å². The van der Waals surface area contributed by atoms with Gasteiger partial charge in [0.25, 0.3) is 0 Å². The zero-order valence-electron chi connectivity index (χ0n) is 9.31. The molecule has 0 atom stereocenters. The molecule has 1 nitrogen and oxygen atoms in total. The molecule has 0 amide bonds. The van der Waals surface area contributed by atoms with Gasteiger partial charge in [0.05, 0.1) is 0 Å². The van der Waals surface area contributed by atoms with Crippen molar-refractivity contribution >= 4 is 11.9 Å². The molecule has 0 saturated heterocycles. The van der Waals surface area contributed by atoms with E-state index in [1.165, 1.54) is 16.0 Å². The minimum absolute atomic E-state index is 0.888. The summed E-state index contributed by atoms with van der Waals surface area (Å²) in [5, 5.41) is 0. The highest BCUT2D eigenvalue weighted by atomic mass is 32.2. The zero-order valence-corrected chi connectivity index (χ0v) is 10.1. The fraction of sp³-hybridized carbons (Fsp3) is 0.143. The summed E-state index contributed by atoms with van der Waals surface area (Å²) in [7, 11) is 0. The van der Waals surface area contributed by atoms with Crippen LogP contribution in [0.15, 0.2) is 59.5 Å². The van der Waals surface area contributed by atoms with Gasteiger partial charge >= 0.3 is 0 Å². The van der Waals surface area contributed by atoms with Gasteiger partial charge in [0, 0.05) is 11.4 Å². The van der Waals surface area contributed by atoms with E-state index in [0.717, 1.165) is 6.54 Å². The number of nitrogens with one attached hydrogen (secondary N) is 1. The van der Waals surface area contributed by atoms with Crippen molar-refractivity contribution in [2.45, 2.75) is 18.4 Å². The Morgan fingerprint density at radius 3 is 2.31 bits per heavy atom. The van der Waals surface area contributed by atoms with Crippen molar-refractivity contribution < 1.29 is 0 Å². The third-order valence-electron chi connectivity index (χ3n) is 2.33. The van der Waals surface area contributed by atoms with Gasteiger partial charge in [-0.2, -0.15) is 0 Å². The van der Waals surface area contributed by atoms with E-state index in [2.05, 4.69) is 60.2 Å². The average Bonchev–Trinajstić information content (AvgIpc) is 2.33. The minimum Gasteiger partial charge on any atom is -0.255 e. The third-order valence-corrected chi connectivity index (χ3v) is 3.13. The first kappa shape index (κ1) is 11.2. The zero-order chi connectivity index (χ0) is 11.2. The van der Waals surface area contributed by atoms with E-state index in [0.29, 0.717) is 0 Å². The van der Waals surface area contributed by atoms with E-state index >= 15 is 0 Å². The Bertz CT molecular complexity index is 422. The SMILES string of the molecule is Cc1ccc(SNCc2ccccc2)cc1. The lowest BCUT2D eigenvalue weighted by Gasteiger charge is -2.04. The van der Waals surface area contributed by atoms with Crippen molar-refractivity contribution in [2.24, 2.45) is 0 Å². The Morgan fingerprint density at radius 1 is 0.938 bits per heavy atom. The van der Waals surface area contributed by atoms with Crippen molar-refractivity contribution in [3.05, 3.63) is 65.7 Å². The summed E-state index contributed by atoms with van der Waals surface area (Å²) >= 11 is 1.67. The summed E-state index contributed by atoms with van der Waals surface area (Å²) in [6.45, 7) is 2.99. The van der Waals surface area contributed by atoms with E-state index in [4.69, 9.17) is 0 Å². The van der Waals surface area contributed by atoms with Crippen LogP contribution in [0.3, 0.4) is 0 Å². The van der Waals surface area contributed by atoms with Crippen molar-refractivity contribution in [2.75, 3.05) is 0 Å². The van der Waals surface area contributed by atoms with Gasteiger partial charge in [-0.1, -0.05) is 48.0 Å². The van der Waals surface area contributed by atoms with Crippen LogP contribution in [-0.2, 0) is 6.54 Å². The van der Waals surface area contributed by atoms with Crippen LogP contribution in [0.4, 0.5) is 0 Å². The molecule has 0 spiro atoms. The molecule has 82 valence electrons. The molecule has 0 unspecified atom stereocenters. The highest BCUT2D eigenvalue weighted by molar-refractivity contribution is 7.97. The second kappa shape index (κ2) is 5.73. The first-order chi connectivity index (χ1) is 7.84. The molecular formula is C14H15NS. The standard InChI is InChI=1S/C14H15NS/c1-12-7-9-14(10-8-12)16-15-11-13-5-3-2-4-6-13/h2-10,15H,11H2,1H3. The molecule has 2 heteroatoms. The van der Waals surface area contributed by atoms with Gasteiger partial charge in [0.2, 0.25) is 0 Å². The van der Waals surface area contributed by atoms with Gasteiger partial charge < -0.3 is 0 Å². The second-order valence-corrected chi connectivity index (χ2v) is 4.69. The number of benzene rings is 2. The van der Waals surface area contributed by atoms with Gasteiger partial charge in [0.1, 0.15) is 0 Å². The maximum absolute atomic E-state index is 3.35. The maximum Gasteiger partial charge on any atom is 0.0313 e. The normalized spacial score (nSPS) is 10.3. The molecule has 2 aromatic rings. The molecule has 0 aliphatic heterocycles. The Hall–Kier alpha value is -1.25. The topological polar surface area (TPSA) is 12.0 Å². The highest BCUT2D eigenvalue weighted by Crippen LogP contribution is 2.15. The van der Waals surface area contributed by atoms with E-state index < -0.39 is 0 Å². The fourth-order valence-corrected chi connectivity index (χ4v) is 2.08. The Labute approximate surface area is 101 Å². The van der Waals surface area contributed by atoms with Crippen LogP contribution in [0.25, 0.3) is 0 Å². The number of hydrogen-bond acceptors (Lipinski definition) is 2. The minimum atomic E-state index is 0.888. The van der Waals surface area contributed by atoms with Crippen LogP contribution in [0.5, 0.6) is 0 Å². The molecule has 0 bridgehead atoms. The Kier molecular flexibility index (Phi) is 4.03. The van der Waals surface area contributed by atoms with E-state index in [9.17, 15) is 0 Å². The molecule has 1 N–H and O–H groups in total. The molecule has 16 heavy (non-hydrogen) atoms. The molecule has 0 radical (unpaired) electrons. The van der Waals surface area contributed by atoms with Crippen LogP contribution < -0.4 is 4.72 Å². The van der Waals surface area contributed by atoms with Crippen LogP contribution in [0, 0.1) is 6.92 Å². The molecular weight excluding hydrogens is 214 g/mol. The predicted molar refractivity (Wildman–Crippen MR) is 70.3 cm³/mol. The first-order valence-electron chi connectivity index (χ1n) is 5.35. The highest BCUT2D eigenvalue weighted by Gasteiger charge is 1.94. The molecule has 0 aliphatic rings. The monoisotopic (exact) mass is 229 g/mol. The molecule has 0 aliphatic carbocycles. The maximum atomic E-state index is 3.35. The quantitative estimate of drug-likeness (QED) is 0.800. The largest absolute Gasteiger partial charge is 0.255 e. The summed E-state index contributed by atoms with van der Waals surface area (Å²) in [6, 6.07) is 19.0. The summed E-state index contributed by atoms with van der Waals surface area (Å²) in [4.78, 5) is 1.25. The molecule has 0 saturated carbocycles. The van der Waals surface area contributed by atoms with Gasteiger partial charge in [0.15, 0.2) is 0 Å². The van der Waals surface area contributed by atoms with Gasteiger partial charge in [-0.15, -0.1) is 0 Å². The second-order valence-electron chi connectivity index (χ2n) is 3.72. The summed E-state index contributed by atoms with van der Waals surface area (Å²) in [5.74, 6) is 0. The van der Waals surface area contributed by atoms with Crippen molar-refractivity contribution in [3.63, 3.8) is 0 Å². The van der Waals surface area contributed by atoms with Crippen molar-refractivity contribution in [1.82, 2.24) is 4.72 Å². The lowest BCUT2D eigenvalue weighted by molar-refractivity contribution is 0.975. The number of hydrogen-bond donors (Lipinski definition) is 1. The van der Waals surface area contributed by atoms with Crippen molar-refractivity contribution in [3.8, 4) is 0 Å². The van der Waals surface area contributed by atoms with E-state index in [1.807, 2.05) is 6.07 Å². The van der Waals surface area contributed by atoms with E-state index in [1.54, 1.807) is 11.9 Å². The predicted octanol–water partition coefficient (Wildman–Crippen LogP) is 3.79. The van der Waals surface area contributed by atoms with Gasteiger partial charge in [-0.25, -0.2) is 0 Å². The van der Waals surface area contributed by atoms with Crippen molar-refractivity contribution in [1.29, 1.82) is 0 Å². The molecule has 2 rings (SSSR count). The molecule has 0 aromatic heterocycles. The lowest BCUT2D eigenvalue weighted by atomic mass is 10.2. The summed E-state index contributed by atoms with van der Waals surface area (Å²) in [5.41, 5.74) is 2.61. The van der Waals surface area contributed by atoms with Crippen LogP contribution in [-0.4, -0.2) is 0 Å². The van der Waals surface area contributed by atoms with Gasteiger partial charge in [-0.3, -0.25) is 4.72 Å². The van der Waals surface area contributed by atoms with Crippen LogP contribution in [0.1, 0.15) is 11.1 Å². The molecule has 0 heterocycles. The fourth-order valence-electron chi connectivity index (χ4n) is 1.40. The average molecular weight is 229 g/mol. The number of rotatable bonds is 4. The summed E-state index contributed by atoms with van der Waals surface area (Å²) in [6.07, 6.45) is 0. The first-order valence-corrected chi connectivity index (χ1v) is 6.16. The molecule has 2 aromatic carbocycles. The molecule has 0 fully saturated rings. The third kappa shape index (κ3) is 3.40. The summed E-state index contributed by atoms with van der Waals surface area (Å²) < 4.78 is 3.35. The Morgan fingerprint density at radius 2 is 1.62 bits per heavy atom. The van der Waals surface area contributed by atoms with E-state index in [-0.39, 0.29) is 0 Å².